The lowest BCUT2D eigenvalue weighted by Crippen LogP contribution is -1.85. The van der Waals surface area contributed by atoms with Crippen molar-refractivity contribution in [2.45, 2.75) is 13.3 Å². The van der Waals surface area contributed by atoms with Gasteiger partial charge in [-0.2, -0.15) is 0 Å². The van der Waals surface area contributed by atoms with Gasteiger partial charge in [-0.25, -0.2) is 0 Å². The van der Waals surface area contributed by atoms with Crippen molar-refractivity contribution in [3.63, 3.8) is 0 Å². The highest BCUT2D eigenvalue weighted by Gasteiger charge is 1.98. The van der Waals surface area contributed by atoms with Crippen LogP contribution < -0.4 is 5.73 Å². The average Bonchev–Trinajstić information content (AvgIpc) is 2.39. The summed E-state index contributed by atoms with van der Waals surface area (Å²) in [4.78, 5) is 0. The number of hydrogen-bond acceptors (Lipinski definition) is 1. The first-order valence-electron chi connectivity index (χ1n) is 5.91. The van der Waals surface area contributed by atoms with E-state index in [9.17, 15) is 0 Å². The minimum atomic E-state index is 0.805. The molecule has 2 N–H and O–H groups in total. The van der Waals surface area contributed by atoms with Crippen LogP contribution in [-0.4, -0.2) is 0 Å². The van der Waals surface area contributed by atoms with E-state index in [1.165, 1.54) is 16.7 Å². The second kappa shape index (κ2) is 5.35. The molecule has 2 rings (SSSR count). The largest absolute Gasteiger partial charge is 0.399 e. The van der Waals surface area contributed by atoms with E-state index in [2.05, 4.69) is 37.3 Å². The van der Waals surface area contributed by atoms with Crippen molar-refractivity contribution in [3.8, 4) is 0 Å². The third kappa shape index (κ3) is 2.97. The van der Waals surface area contributed by atoms with Gasteiger partial charge in [0.2, 0.25) is 0 Å². The topological polar surface area (TPSA) is 26.0 Å². The minimum absolute atomic E-state index is 0.805. The predicted molar refractivity (Wildman–Crippen MR) is 75.5 cm³/mol. The Labute approximate surface area is 103 Å². The summed E-state index contributed by atoms with van der Waals surface area (Å²) in [5.74, 6) is 0. The molecule has 0 aromatic heterocycles. The zero-order valence-corrected chi connectivity index (χ0v) is 10.1. The van der Waals surface area contributed by atoms with Crippen molar-refractivity contribution < 1.29 is 0 Å². The Bertz CT molecular complexity index is 495. The van der Waals surface area contributed by atoms with E-state index in [0.717, 1.165) is 12.1 Å². The molecule has 17 heavy (non-hydrogen) atoms. The van der Waals surface area contributed by atoms with Crippen molar-refractivity contribution >= 4 is 17.3 Å². The minimum Gasteiger partial charge on any atom is -0.399 e. The van der Waals surface area contributed by atoms with E-state index >= 15 is 0 Å². The Morgan fingerprint density at radius 1 is 1.00 bits per heavy atom. The molecule has 0 aliphatic heterocycles. The van der Waals surface area contributed by atoms with Crippen LogP contribution in [0.3, 0.4) is 0 Å². The molecular weight excluding hydrogens is 206 g/mol. The molecule has 0 radical (unpaired) electrons. The summed E-state index contributed by atoms with van der Waals surface area (Å²) in [6, 6.07) is 18.4. The van der Waals surface area contributed by atoms with Gasteiger partial charge in [0, 0.05) is 5.69 Å². The van der Waals surface area contributed by atoms with Gasteiger partial charge in [-0.3, -0.25) is 0 Å². The van der Waals surface area contributed by atoms with Crippen LogP contribution in [0.5, 0.6) is 0 Å². The van der Waals surface area contributed by atoms with Crippen LogP contribution in [0.2, 0.25) is 0 Å². The van der Waals surface area contributed by atoms with Gasteiger partial charge in [-0.15, -0.1) is 0 Å². The zero-order chi connectivity index (χ0) is 12.1. The summed E-state index contributed by atoms with van der Waals surface area (Å²) in [7, 11) is 0. The van der Waals surface area contributed by atoms with E-state index < -0.39 is 0 Å². The lowest BCUT2D eigenvalue weighted by Gasteiger charge is -2.05. The molecule has 1 heteroatoms. The molecule has 2 aromatic rings. The van der Waals surface area contributed by atoms with E-state index in [4.69, 9.17) is 5.73 Å². The molecular formula is C16H17N. The van der Waals surface area contributed by atoms with Gasteiger partial charge in [0.1, 0.15) is 0 Å². The summed E-state index contributed by atoms with van der Waals surface area (Å²) in [5.41, 5.74) is 10.3. The van der Waals surface area contributed by atoms with Crippen LogP contribution >= 0.6 is 0 Å². The normalized spacial score (nSPS) is 11.5. The number of hydrogen-bond donors (Lipinski definition) is 1. The fourth-order valence-corrected chi connectivity index (χ4v) is 1.84. The maximum absolute atomic E-state index is 5.68. The SMILES string of the molecule is CC/C(=C/c1ccc(N)cc1)c1ccccc1. The van der Waals surface area contributed by atoms with E-state index in [1.54, 1.807) is 0 Å². The lowest BCUT2D eigenvalue weighted by atomic mass is 10.0. The standard InChI is InChI=1S/C16H17N/c1-2-14(15-6-4-3-5-7-15)12-13-8-10-16(17)11-9-13/h3-12H,2,17H2,1H3/b14-12-. The Morgan fingerprint density at radius 3 is 2.24 bits per heavy atom. The molecule has 0 aliphatic carbocycles. The fourth-order valence-electron chi connectivity index (χ4n) is 1.84. The third-order valence-corrected chi connectivity index (χ3v) is 2.80. The summed E-state index contributed by atoms with van der Waals surface area (Å²) in [5, 5.41) is 0. The second-order valence-corrected chi connectivity index (χ2v) is 4.06. The molecule has 0 saturated carbocycles. The van der Waals surface area contributed by atoms with Gasteiger partial charge in [0.15, 0.2) is 0 Å². The average molecular weight is 223 g/mol. The molecule has 2 aromatic carbocycles. The van der Waals surface area contributed by atoms with Crippen LogP contribution in [0.1, 0.15) is 24.5 Å². The maximum atomic E-state index is 5.68. The Kier molecular flexibility index (Phi) is 3.61. The van der Waals surface area contributed by atoms with Crippen LogP contribution in [0.15, 0.2) is 54.6 Å². The Hall–Kier alpha value is -2.02. The Morgan fingerprint density at radius 2 is 1.65 bits per heavy atom. The third-order valence-electron chi connectivity index (χ3n) is 2.80. The van der Waals surface area contributed by atoms with Crippen LogP contribution in [0, 0.1) is 0 Å². The first-order chi connectivity index (χ1) is 8.29. The number of allylic oxidation sites excluding steroid dienone is 1. The molecule has 0 heterocycles. The summed E-state index contributed by atoms with van der Waals surface area (Å²) < 4.78 is 0. The summed E-state index contributed by atoms with van der Waals surface area (Å²) >= 11 is 0. The van der Waals surface area contributed by atoms with Crippen molar-refractivity contribution in [2.24, 2.45) is 0 Å². The molecule has 0 bridgehead atoms. The van der Waals surface area contributed by atoms with Crippen molar-refractivity contribution in [2.75, 3.05) is 5.73 Å². The molecule has 0 amide bonds. The Balaban J connectivity index is 2.33. The molecule has 0 unspecified atom stereocenters. The highest BCUT2D eigenvalue weighted by Crippen LogP contribution is 2.21. The second-order valence-electron chi connectivity index (χ2n) is 4.06. The van der Waals surface area contributed by atoms with E-state index in [0.29, 0.717) is 0 Å². The maximum Gasteiger partial charge on any atom is 0.0314 e. The molecule has 0 aliphatic rings. The van der Waals surface area contributed by atoms with Crippen molar-refractivity contribution in [1.82, 2.24) is 0 Å². The monoisotopic (exact) mass is 223 g/mol. The summed E-state index contributed by atoms with van der Waals surface area (Å²) in [6.07, 6.45) is 3.24. The van der Waals surface area contributed by atoms with Gasteiger partial charge in [0.05, 0.1) is 0 Å². The highest BCUT2D eigenvalue weighted by atomic mass is 14.5. The quantitative estimate of drug-likeness (QED) is 0.612. The lowest BCUT2D eigenvalue weighted by molar-refractivity contribution is 1.25. The van der Waals surface area contributed by atoms with Gasteiger partial charge in [-0.05, 0) is 35.3 Å². The molecule has 86 valence electrons. The van der Waals surface area contributed by atoms with Crippen LogP contribution in [0.25, 0.3) is 11.6 Å². The smallest absolute Gasteiger partial charge is 0.0314 e. The molecule has 0 atom stereocenters. The zero-order valence-electron chi connectivity index (χ0n) is 10.1. The van der Waals surface area contributed by atoms with E-state index in [-0.39, 0.29) is 0 Å². The number of benzene rings is 2. The molecule has 0 fully saturated rings. The molecule has 0 spiro atoms. The van der Waals surface area contributed by atoms with E-state index in [1.807, 2.05) is 30.3 Å². The molecule has 0 saturated heterocycles. The van der Waals surface area contributed by atoms with Crippen molar-refractivity contribution in [1.29, 1.82) is 0 Å². The van der Waals surface area contributed by atoms with Gasteiger partial charge >= 0.3 is 0 Å². The number of nitrogen functional groups attached to an aromatic ring is 1. The van der Waals surface area contributed by atoms with Crippen LogP contribution in [-0.2, 0) is 0 Å². The first kappa shape index (κ1) is 11.5. The van der Waals surface area contributed by atoms with Crippen molar-refractivity contribution in [3.05, 3.63) is 65.7 Å². The number of nitrogens with two attached hydrogens (primary N) is 1. The fraction of sp³-hybridized carbons (Fsp3) is 0.125. The number of anilines is 1. The van der Waals surface area contributed by atoms with Crippen LogP contribution in [0.4, 0.5) is 5.69 Å². The number of rotatable bonds is 3. The predicted octanol–water partition coefficient (Wildman–Crippen LogP) is 4.22. The molecule has 1 nitrogen and oxygen atoms in total. The van der Waals surface area contributed by atoms with Gasteiger partial charge in [0.25, 0.3) is 0 Å². The van der Waals surface area contributed by atoms with Gasteiger partial charge in [-0.1, -0.05) is 55.5 Å². The first-order valence-corrected chi connectivity index (χ1v) is 5.91. The summed E-state index contributed by atoms with van der Waals surface area (Å²) in [6.45, 7) is 2.18. The highest BCUT2D eigenvalue weighted by molar-refractivity contribution is 5.81. The van der Waals surface area contributed by atoms with Gasteiger partial charge < -0.3 is 5.73 Å².